The van der Waals surface area contributed by atoms with E-state index in [1.54, 1.807) is 75.6 Å². The molecule has 2 N–H and O–H groups in total. The van der Waals surface area contributed by atoms with Crippen LogP contribution >= 0.6 is 0 Å². The van der Waals surface area contributed by atoms with Gasteiger partial charge < -0.3 is 20.3 Å². The topological polar surface area (TPSA) is 87.7 Å². The normalized spacial score (nSPS) is 10.2. The summed E-state index contributed by atoms with van der Waals surface area (Å²) >= 11 is 0. The molecule has 0 unspecified atom stereocenters. The summed E-state index contributed by atoms with van der Waals surface area (Å²) in [7, 11) is 3.29. The predicted octanol–water partition coefficient (Wildman–Crippen LogP) is 3.97. The van der Waals surface area contributed by atoms with Crippen molar-refractivity contribution in [3.8, 4) is 5.75 Å². The Kier molecular flexibility index (Phi) is 7.23. The number of hydrogen-bond donors (Lipinski definition) is 2. The molecular formula is C25H25N3O4. The van der Waals surface area contributed by atoms with Crippen molar-refractivity contribution in [3.05, 3.63) is 89.5 Å². The van der Waals surface area contributed by atoms with Crippen LogP contribution in [0.1, 0.15) is 26.3 Å². The first-order valence-corrected chi connectivity index (χ1v) is 10.1. The third-order valence-corrected chi connectivity index (χ3v) is 4.82. The SMILES string of the molecule is Cc1c(NC(=O)c2cccc(OCC(=O)N(C)C)c2)cccc1C(=O)Nc1ccccc1. The number of amides is 3. The molecule has 3 aromatic rings. The number of likely N-dealkylation sites (N-methyl/N-ethyl adjacent to an activating group) is 1. The summed E-state index contributed by atoms with van der Waals surface area (Å²) in [6, 6.07) is 20.9. The molecule has 0 bridgehead atoms. The zero-order chi connectivity index (χ0) is 23.1. The second kappa shape index (κ2) is 10.3. The van der Waals surface area contributed by atoms with Gasteiger partial charge in [-0.25, -0.2) is 0 Å². The van der Waals surface area contributed by atoms with E-state index in [4.69, 9.17) is 4.74 Å². The molecule has 32 heavy (non-hydrogen) atoms. The second-order valence-corrected chi connectivity index (χ2v) is 7.36. The van der Waals surface area contributed by atoms with Gasteiger partial charge >= 0.3 is 0 Å². The van der Waals surface area contributed by atoms with Gasteiger partial charge in [0.1, 0.15) is 5.75 Å². The average molecular weight is 431 g/mol. The fourth-order valence-corrected chi connectivity index (χ4v) is 2.93. The Morgan fingerprint density at radius 3 is 2.28 bits per heavy atom. The highest BCUT2D eigenvalue weighted by Gasteiger charge is 2.15. The number of carbonyl (C=O) groups is 3. The summed E-state index contributed by atoms with van der Waals surface area (Å²) in [6.07, 6.45) is 0. The lowest BCUT2D eigenvalue weighted by Gasteiger charge is -2.14. The highest BCUT2D eigenvalue weighted by Crippen LogP contribution is 2.22. The molecule has 0 aliphatic rings. The number of para-hydroxylation sites is 1. The van der Waals surface area contributed by atoms with Gasteiger partial charge in [0.05, 0.1) is 0 Å². The number of anilines is 2. The van der Waals surface area contributed by atoms with Gasteiger partial charge in [-0.05, 0) is 55.0 Å². The Hall–Kier alpha value is -4.13. The summed E-state index contributed by atoms with van der Waals surface area (Å²) in [5.41, 5.74) is 2.71. The monoisotopic (exact) mass is 431 g/mol. The molecule has 0 aliphatic heterocycles. The summed E-state index contributed by atoms with van der Waals surface area (Å²) in [5, 5.41) is 5.70. The quantitative estimate of drug-likeness (QED) is 0.593. The fraction of sp³-hybridized carbons (Fsp3) is 0.160. The first-order chi connectivity index (χ1) is 15.3. The molecule has 0 spiro atoms. The lowest BCUT2D eigenvalue weighted by molar-refractivity contribution is -0.130. The molecule has 3 rings (SSSR count). The maximum Gasteiger partial charge on any atom is 0.259 e. The highest BCUT2D eigenvalue weighted by atomic mass is 16.5. The van der Waals surface area contributed by atoms with Crippen LogP contribution in [0, 0.1) is 6.92 Å². The minimum absolute atomic E-state index is 0.115. The zero-order valence-electron chi connectivity index (χ0n) is 18.2. The summed E-state index contributed by atoms with van der Waals surface area (Å²) < 4.78 is 5.48. The predicted molar refractivity (Wildman–Crippen MR) is 124 cm³/mol. The van der Waals surface area contributed by atoms with E-state index >= 15 is 0 Å². The van der Waals surface area contributed by atoms with E-state index in [1.165, 1.54) is 4.90 Å². The van der Waals surface area contributed by atoms with E-state index in [0.29, 0.717) is 33.8 Å². The summed E-state index contributed by atoms with van der Waals surface area (Å²) in [5.74, 6) is -0.370. The Labute approximate surface area is 187 Å². The van der Waals surface area contributed by atoms with Gasteiger partial charge in [0.15, 0.2) is 6.61 Å². The van der Waals surface area contributed by atoms with Crippen LogP contribution in [-0.4, -0.2) is 43.3 Å². The van der Waals surface area contributed by atoms with Gasteiger partial charge in [0.25, 0.3) is 17.7 Å². The van der Waals surface area contributed by atoms with Crippen LogP contribution in [0.25, 0.3) is 0 Å². The molecule has 0 heterocycles. The first kappa shape index (κ1) is 22.6. The van der Waals surface area contributed by atoms with E-state index < -0.39 is 0 Å². The van der Waals surface area contributed by atoms with Crippen molar-refractivity contribution in [3.63, 3.8) is 0 Å². The molecule has 0 saturated heterocycles. The standard InChI is InChI=1S/C25H25N3O4/c1-17-21(25(31)26-19-10-5-4-6-11-19)13-8-14-22(17)27-24(30)18-9-7-12-20(15-18)32-16-23(29)28(2)3/h4-15H,16H2,1-3H3,(H,26,31)(H,27,30). The van der Waals surface area contributed by atoms with Crippen LogP contribution in [0.5, 0.6) is 5.75 Å². The van der Waals surface area contributed by atoms with Crippen LogP contribution in [-0.2, 0) is 4.79 Å². The lowest BCUT2D eigenvalue weighted by Crippen LogP contribution is -2.27. The molecule has 7 heteroatoms. The molecule has 0 aliphatic carbocycles. The van der Waals surface area contributed by atoms with Crippen molar-refractivity contribution in [1.82, 2.24) is 4.90 Å². The average Bonchev–Trinajstić information content (AvgIpc) is 2.79. The van der Waals surface area contributed by atoms with Crippen LogP contribution in [0.15, 0.2) is 72.8 Å². The van der Waals surface area contributed by atoms with E-state index in [0.717, 1.165) is 0 Å². The maximum atomic E-state index is 12.8. The van der Waals surface area contributed by atoms with Crippen LogP contribution < -0.4 is 15.4 Å². The molecule has 0 saturated carbocycles. The zero-order valence-corrected chi connectivity index (χ0v) is 18.2. The van der Waals surface area contributed by atoms with E-state index in [2.05, 4.69) is 10.6 Å². The van der Waals surface area contributed by atoms with Gasteiger partial charge in [-0.3, -0.25) is 14.4 Å². The smallest absolute Gasteiger partial charge is 0.259 e. The lowest BCUT2D eigenvalue weighted by atomic mass is 10.1. The fourth-order valence-electron chi connectivity index (χ4n) is 2.93. The van der Waals surface area contributed by atoms with E-state index in [1.807, 2.05) is 18.2 Å². The third kappa shape index (κ3) is 5.72. The number of ether oxygens (including phenoxy) is 1. The number of nitrogens with zero attached hydrogens (tertiary/aromatic N) is 1. The van der Waals surface area contributed by atoms with Crippen molar-refractivity contribution >= 4 is 29.1 Å². The van der Waals surface area contributed by atoms with Crippen LogP contribution in [0.2, 0.25) is 0 Å². The number of nitrogens with one attached hydrogen (secondary N) is 2. The van der Waals surface area contributed by atoms with E-state index in [-0.39, 0.29) is 24.3 Å². The molecule has 7 nitrogen and oxygen atoms in total. The molecule has 3 amide bonds. The molecule has 0 aromatic heterocycles. The van der Waals surface area contributed by atoms with E-state index in [9.17, 15) is 14.4 Å². The molecular weight excluding hydrogens is 406 g/mol. The third-order valence-electron chi connectivity index (χ3n) is 4.82. The van der Waals surface area contributed by atoms with Crippen molar-refractivity contribution in [2.24, 2.45) is 0 Å². The molecule has 164 valence electrons. The largest absolute Gasteiger partial charge is 0.484 e. The Morgan fingerprint density at radius 2 is 1.56 bits per heavy atom. The Morgan fingerprint density at radius 1 is 0.844 bits per heavy atom. The number of rotatable bonds is 7. The highest BCUT2D eigenvalue weighted by molar-refractivity contribution is 6.08. The molecule has 0 atom stereocenters. The Balaban J connectivity index is 1.71. The number of carbonyl (C=O) groups excluding carboxylic acids is 3. The second-order valence-electron chi connectivity index (χ2n) is 7.36. The van der Waals surface area contributed by atoms with Crippen molar-refractivity contribution in [2.75, 3.05) is 31.3 Å². The summed E-state index contributed by atoms with van der Waals surface area (Å²) in [6.45, 7) is 1.66. The van der Waals surface area contributed by atoms with Gasteiger partial charge in [-0.1, -0.05) is 30.3 Å². The van der Waals surface area contributed by atoms with Gasteiger partial charge in [0, 0.05) is 36.6 Å². The minimum atomic E-state index is -0.349. The molecule has 3 aromatic carbocycles. The minimum Gasteiger partial charge on any atom is -0.484 e. The first-order valence-electron chi connectivity index (χ1n) is 10.1. The van der Waals surface area contributed by atoms with Gasteiger partial charge in [-0.15, -0.1) is 0 Å². The van der Waals surface area contributed by atoms with Crippen LogP contribution in [0.3, 0.4) is 0 Å². The van der Waals surface area contributed by atoms with Gasteiger partial charge in [-0.2, -0.15) is 0 Å². The van der Waals surface area contributed by atoms with Crippen LogP contribution in [0.4, 0.5) is 11.4 Å². The van der Waals surface area contributed by atoms with Crippen molar-refractivity contribution < 1.29 is 19.1 Å². The van der Waals surface area contributed by atoms with Gasteiger partial charge in [0.2, 0.25) is 0 Å². The molecule has 0 radical (unpaired) electrons. The number of hydrogen-bond acceptors (Lipinski definition) is 4. The number of benzene rings is 3. The maximum absolute atomic E-state index is 12.8. The molecule has 0 fully saturated rings. The van der Waals surface area contributed by atoms with Crippen molar-refractivity contribution in [1.29, 1.82) is 0 Å². The Bertz CT molecular complexity index is 1130. The van der Waals surface area contributed by atoms with Crippen molar-refractivity contribution in [2.45, 2.75) is 6.92 Å². The summed E-state index contributed by atoms with van der Waals surface area (Å²) in [4.78, 5) is 38.6.